The van der Waals surface area contributed by atoms with E-state index in [1.54, 1.807) is 32.9 Å². The number of carbonyl (C=O) groups excluding carboxylic acids is 1. The van der Waals surface area contributed by atoms with Crippen LogP contribution in [0.4, 0.5) is 0 Å². The van der Waals surface area contributed by atoms with Crippen molar-refractivity contribution in [2.45, 2.75) is 27.7 Å². The second-order valence-corrected chi connectivity index (χ2v) is 5.58. The van der Waals surface area contributed by atoms with Gasteiger partial charge in [-0.3, -0.25) is 0 Å². The number of hydrogen-bond acceptors (Lipinski definition) is 4. The molecule has 0 saturated carbocycles. The van der Waals surface area contributed by atoms with Crippen LogP contribution in [-0.2, 0) is 9.53 Å². The molecular formula is C19H21NO5. The molecule has 1 heterocycles. The molecule has 6 nitrogen and oxygen atoms in total. The number of hydrogen-bond donors (Lipinski definition) is 2. The van der Waals surface area contributed by atoms with Crippen molar-refractivity contribution in [3.63, 3.8) is 0 Å². The molecular weight excluding hydrogens is 322 g/mol. The first-order chi connectivity index (χ1) is 11.8. The van der Waals surface area contributed by atoms with Gasteiger partial charge in [-0.25, -0.2) is 9.59 Å². The van der Waals surface area contributed by atoms with Gasteiger partial charge >= 0.3 is 11.9 Å². The van der Waals surface area contributed by atoms with Crippen LogP contribution in [0.25, 0.3) is 16.8 Å². The van der Waals surface area contributed by atoms with E-state index < -0.39 is 11.9 Å². The molecule has 2 aromatic rings. The summed E-state index contributed by atoms with van der Waals surface area (Å²) in [6, 6.07) is 9.07. The highest BCUT2D eigenvalue weighted by Crippen LogP contribution is 2.35. The minimum Gasteiger partial charge on any atom is -0.510 e. The summed E-state index contributed by atoms with van der Waals surface area (Å²) in [5.74, 6) is -2.05. The normalized spacial score (nSPS) is 11.8. The maximum atomic E-state index is 12.3. The number of aliphatic hydroxyl groups excluding tert-OH is 1. The zero-order valence-corrected chi connectivity index (χ0v) is 14.7. The molecule has 0 aliphatic heterocycles. The number of aromatic carboxylic acids is 1. The molecule has 1 aromatic heterocycles. The number of carboxylic acids is 1. The fourth-order valence-corrected chi connectivity index (χ4v) is 2.99. The lowest BCUT2D eigenvalue weighted by Gasteiger charge is -2.14. The Labute approximate surface area is 146 Å². The Morgan fingerprint density at radius 1 is 1.08 bits per heavy atom. The van der Waals surface area contributed by atoms with Crippen LogP contribution in [0.5, 0.6) is 0 Å². The molecule has 0 atom stereocenters. The fraction of sp³-hybridized carbons (Fsp3) is 0.263. The van der Waals surface area contributed by atoms with Gasteiger partial charge in [0.1, 0.15) is 5.76 Å². The van der Waals surface area contributed by atoms with Crippen LogP contribution in [-0.4, -0.2) is 33.3 Å². The van der Waals surface area contributed by atoms with Gasteiger partial charge in [0, 0.05) is 17.0 Å². The molecule has 0 saturated heterocycles. The van der Waals surface area contributed by atoms with Crippen molar-refractivity contribution < 1.29 is 24.5 Å². The van der Waals surface area contributed by atoms with Gasteiger partial charge in [-0.1, -0.05) is 30.3 Å². The average molecular weight is 343 g/mol. The van der Waals surface area contributed by atoms with Crippen molar-refractivity contribution in [1.82, 2.24) is 4.57 Å². The molecule has 0 aliphatic carbocycles. The van der Waals surface area contributed by atoms with E-state index in [4.69, 9.17) is 4.74 Å². The molecule has 0 bridgehead atoms. The van der Waals surface area contributed by atoms with Gasteiger partial charge in [0.25, 0.3) is 0 Å². The van der Waals surface area contributed by atoms with Gasteiger partial charge < -0.3 is 19.5 Å². The van der Waals surface area contributed by atoms with E-state index in [1.165, 1.54) is 11.5 Å². The van der Waals surface area contributed by atoms with Crippen molar-refractivity contribution in [2.24, 2.45) is 0 Å². The smallest absolute Gasteiger partial charge is 0.358 e. The first kappa shape index (κ1) is 18.3. The van der Waals surface area contributed by atoms with Crippen LogP contribution in [0.15, 0.2) is 36.1 Å². The predicted molar refractivity (Wildman–Crippen MR) is 94.5 cm³/mol. The largest absolute Gasteiger partial charge is 0.510 e. The van der Waals surface area contributed by atoms with E-state index in [9.17, 15) is 19.8 Å². The summed E-state index contributed by atoms with van der Waals surface area (Å²) in [4.78, 5) is 24.2. The molecule has 2 N–H and O–H groups in total. The molecule has 6 heteroatoms. The van der Waals surface area contributed by atoms with Crippen molar-refractivity contribution in [1.29, 1.82) is 0 Å². The Balaban J connectivity index is 2.83. The molecule has 2 rings (SSSR count). The third kappa shape index (κ3) is 3.28. The summed E-state index contributed by atoms with van der Waals surface area (Å²) in [5, 5.41) is 19.7. The fourth-order valence-electron chi connectivity index (χ4n) is 2.99. The Kier molecular flexibility index (Phi) is 5.32. The van der Waals surface area contributed by atoms with Gasteiger partial charge in [0.2, 0.25) is 0 Å². The number of nitrogens with zero attached hydrogens (tertiary/aromatic N) is 1. The molecule has 0 aliphatic rings. The highest BCUT2D eigenvalue weighted by molar-refractivity contribution is 6.12. The van der Waals surface area contributed by atoms with Gasteiger partial charge in [0.15, 0.2) is 5.70 Å². The van der Waals surface area contributed by atoms with Crippen molar-refractivity contribution >= 4 is 17.6 Å². The van der Waals surface area contributed by atoms with E-state index in [-0.39, 0.29) is 23.6 Å². The number of esters is 1. The lowest BCUT2D eigenvalue weighted by Crippen LogP contribution is -2.16. The summed E-state index contributed by atoms with van der Waals surface area (Å²) in [6.45, 7) is 6.49. The SMILES string of the molecule is CCOC(=O)/C(=C(/C)O)n1c(C)c(C(=O)O)c(-c2ccccc2)c1C. The summed E-state index contributed by atoms with van der Waals surface area (Å²) in [7, 11) is 0. The van der Waals surface area contributed by atoms with Gasteiger partial charge in [-0.05, 0) is 33.3 Å². The Hall–Kier alpha value is -3.02. The quantitative estimate of drug-likeness (QED) is 0.490. The van der Waals surface area contributed by atoms with Crippen LogP contribution in [0.3, 0.4) is 0 Å². The van der Waals surface area contributed by atoms with Crippen LogP contribution >= 0.6 is 0 Å². The molecule has 0 spiro atoms. The Morgan fingerprint density at radius 3 is 2.16 bits per heavy atom. The van der Waals surface area contributed by atoms with Crippen LogP contribution in [0.1, 0.15) is 35.6 Å². The maximum Gasteiger partial charge on any atom is 0.358 e. The number of carboxylic acid groups (broad SMARTS) is 1. The molecule has 0 unspecified atom stereocenters. The Bertz CT molecular complexity index is 842. The number of allylic oxidation sites excluding steroid dienone is 1. The lowest BCUT2D eigenvalue weighted by molar-refractivity contribution is -0.136. The second kappa shape index (κ2) is 7.25. The van der Waals surface area contributed by atoms with E-state index in [1.807, 2.05) is 18.2 Å². The lowest BCUT2D eigenvalue weighted by atomic mass is 10.0. The zero-order chi connectivity index (χ0) is 18.7. The van der Waals surface area contributed by atoms with Crippen LogP contribution < -0.4 is 0 Å². The maximum absolute atomic E-state index is 12.3. The topological polar surface area (TPSA) is 88.8 Å². The summed E-state index contributed by atoms with van der Waals surface area (Å²) in [6.07, 6.45) is 0. The van der Waals surface area contributed by atoms with E-state index in [0.717, 1.165) is 5.56 Å². The molecule has 0 radical (unpaired) electrons. The van der Waals surface area contributed by atoms with Crippen molar-refractivity contribution in [3.05, 3.63) is 53.0 Å². The number of aromatic nitrogens is 1. The molecule has 25 heavy (non-hydrogen) atoms. The molecule has 1 aromatic carbocycles. The molecule has 132 valence electrons. The number of ether oxygens (including phenoxy) is 1. The summed E-state index contributed by atoms with van der Waals surface area (Å²) in [5.41, 5.74) is 2.12. The number of rotatable bonds is 5. The van der Waals surface area contributed by atoms with E-state index in [0.29, 0.717) is 17.0 Å². The first-order valence-electron chi connectivity index (χ1n) is 7.89. The van der Waals surface area contributed by atoms with Crippen molar-refractivity contribution in [2.75, 3.05) is 6.61 Å². The number of carbonyl (C=O) groups is 2. The summed E-state index contributed by atoms with van der Waals surface area (Å²) >= 11 is 0. The van der Waals surface area contributed by atoms with Gasteiger partial charge in [-0.15, -0.1) is 0 Å². The minimum absolute atomic E-state index is 0.0819. The van der Waals surface area contributed by atoms with E-state index >= 15 is 0 Å². The van der Waals surface area contributed by atoms with Crippen LogP contribution in [0.2, 0.25) is 0 Å². The highest BCUT2D eigenvalue weighted by Gasteiger charge is 2.29. The predicted octanol–water partition coefficient (Wildman–Crippen LogP) is 3.78. The van der Waals surface area contributed by atoms with Gasteiger partial charge in [0.05, 0.1) is 12.2 Å². The molecule has 0 fully saturated rings. The van der Waals surface area contributed by atoms with E-state index in [2.05, 4.69) is 0 Å². The standard InChI is InChI=1S/C19H21NO5/c1-5-25-19(24)17(13(4)21)20-11(2)15(14-9-7-6-8-10-14)16(12(20)3)18(22)23/h6-10,21H,5H2,1-4H3,(H,22,23)/b17-13+. The third-order valence-corrected chi connectivity index (χ3v) is 3.96. The van der Waals surface area contributed by atoms with Crippen LogP contribution in [0, 0.1) is 13.8 Å². The second-order valence-electron chi connectivity index (χ2n) is 5.58. The third-order valence-electron chi connectivity index (χ3n) is 3.96. The van der Waals surface area contributed by atoms with Gasteiger partial charge in [-0.2, -0.15) is 0 Å². The first-order valence-corrected chi connectivity index (χ1v) is 7.89. The highest BCUT2D eigenvalue weighted by atomic mass is 16.5. The number of aliphatic hydroxyl groups is 1. The van der Waals surface area contributed by atoms with Crippen molar-refractivity contribution in [3.8, 4) is 11.1 Å². The minimum atomic E-state index is -1.10. The summed E-state index contributed by atoms with van der Waals surface area (Å²) < 4.78 is 6.46. The number of benzene rings is 1. The average Bonchev–Trinajstić information content (AvgIpc) is 2.81. The monoisotopic (exact) mass is 343 g/mol. The molecule has 0 amide bonds. The Morgan fingerprint density at radius 2 is 1.68 bits per heavy atom. The zero-order valence-electron chi connectivity index (χ0n) is 14.7.